The highest BCUT2D eigenvalue weighted by Crippen LogP contribution is 2.18. The van der Waals surface area contributed by atoms with E-state index >= 15 is 0 Å². The van der Waals surface area contributed by atoms with E-state index in [0.717, 1.165) is 44.9 Å². The maximum Gasteiger partial charge on any atom is 0.305 e. The summed E-state index contributed by atoms with van der Waals surface area (Å²) in [6.45, 7) is 4.91. The van der Waals surface area contributed by atoms with Gasteiger partial charge in [-0.25, -0.2) is 0 Å². The Kier molecular flexibility index (Phi) is 52.0. The molecule has 6 heteroatoms. The van der Waals surface area contributed by atoms with Gasteiger partial charge in [-0.15, -0.1) is 0 Å². The van der Waals surface area contributed by atoms with Crippen molar-refractivity contribution in [2.75, 3.05) is 13.2 Å². The number of aliphatic hydroxyl groups excluding tert-OH is 2. The fourth-order valence-corrected chi connectivity index (χ4v) is 8.92. The molecule has 1 amide bonds. The van der Waals surface area contributed by atoms with Crippen LogP contribution in [0.25, 0.3) is 0 Å². The summed E-state index contributed by atoms with van der Waals surface area (Å²) in [6.07, 6.45) is 62.2. The number of carbonyl (C=O) groups excluding carboxylic acids is 2. The molecule has 2 unspecified atom stereocenters. The lowest BCUT2D eigenvalue weighted by Crippen LogP contribution is -2.45. The molecule has 0 aliphatic heterocycles. The lowest BCUT2D eigenvalue weighted by Gasteiger charge is -2.22. The van der Waals surface area contributed by atoms with Crippen LogP contribution in [0.3, 0.4) is 0 Å². The fourth-order valence-electron chi connectivity index (χ4n) is 8.92. The molecule has 0 radical (unpaired) electrons. The van der Waals surface area contributed by atoms with E-state index in [2.05, 4.69) is 31.3 Å². The summed E-state index contributed by atoms with van der Waals surface area (Å²) >= 11 is 0. The molecule has 0 heterocycles. The summed E-state index contributed by atoms with van der Waals surface area (Å²) in [5, 5.41) is 23.1. The van der Waals surface area contributed by atoms with Crippen LogP contribution in [0.4, 0.5) is 0 Å². The maximum atomic E-state index is 12.4. The van der Waals surface area contributed by atoms with Crippen molar-refractivity contribution in [1.82, 2.24) is 5.32 Å². The third-order valence-electron chi connectivity index (χ3n) is 13.3. The van der Waals surface area contributed by atoms with Crippen LogP contribution in [0.1, 0.15) is 316 Å². The molecule has 0 bridgehead atoms. The third-order valence-corrected chi connectivity index (χ3v) is 13.3. The smallest absolute Gasteiger partial charge is 0.305 e. The number of unbranched alkanes of at least 4 members (excludes halogenated alkanes) is 40. The van der Waals surface area contributed by atoms with Gasteiger partial charge < -0.3 is 20.3 Å². The van der Waals surface area contributed by atoms with E-state index in [1.807, 2.05) is 0 Å². The van der Waals surface area contributed by atoms with Crippen LogP contribution in [0.5, 0.6) is 0 Å². The molecule has 374 valence electrons. The molecular weight excluding hydrogens is 779 g/mol. The van der Waals surface area contributed by atoms with E-state index in [4.69, 9.17) is 4.74 Å². The van der Waals surface area contributed by atoms with Crippen LogP contribution in [-0.4, -0.2) is 47.4 Å². The zero-order valence-electron chi connectivity index (χ0n) is 42.6. The second-order valence-electron chi connectivity index (χ2n) is 19.6. The Morgan fingerprint density at radius 1 is 0.429 bits per heavy atom. The predicted octanol–water partition coefficient (Wildman–Crippen LogP) is 17.3. The summed E-state index contributed by atoms with van der Waals surface area (Å²) in [5.74, 6) is -0.0286. The largest absolute Gasteiger partial charge is 0.466 e. The summed E-state index contributed by atoms with van der Waals surface area (Å²) in [4.78, 5) is 24.4. The van der Waals surface area contributed by atoms with Gasteiger partial charge in [0, 0.05) is 12.8 Å². The second kappa shape index (κ2) is 53.2. The Morgan fingerprint density at radius 2 is 0.762 bits per heavy atom. The Bertz CT molecular complexity index is 939. The van der Waals surface area contributed by atoms with Crippen molar-refractivity contribution in [1.29, 1.82) is 0 Å². The molecule has 3 N–H and O–H groups in total. The number of esters is 1. The van der Waals surface area contributed by atoms with Gasteiger partial charge >= 0.3 is 5.97 Å². The van der Waals surface area contributed by atoms with Gasteiger partial charge in [-0.2, -0.15) is 0 Å². The molecule has 0 aliphatic carbocycles. The Balaban J connectivity index is 3.33. The van der Waals surface area contributed by atoms with Crippen molar-refractivity contribution in [3.63, 3.8) is 0 Å². The molecule has 0 aromatic rings. The fraction of sp³-hybridized carbons (Fsp3) is 0.930. The molecule has 0 fully saturated rings. The molecule has 0 rings (SSSR count). The van der Waals surface area contributed by atoms with Gasteiger partial charge in [-0.05, 0) is 44.9 Å². The first kappa shape index (κ1) is 61.6. The number of amides is 1. The van der Waals surface area contributed by atoms with Crippen molar-refractivity contribution in [2.45, 2.75) is 328 Å². The molecule has 0 saturated heterocycles. The van der Waals surface area contributed by atoms with Gasteiger partial charge in [0.15, 0.2) is 0 Å². The zero-order chi connectivity index (χ0) is 45.8. The van der Waals surface area contributed by atoms with Gasteiger partial charge in [0.2, 0.25) is 5.91 Å². The van der Waals surface area contributed by atoms with E-state index in [0.29, 0.717) is 25.9 Å². The van der Waals surface area contributed by atoms with Crippen LogP contribution in [0.15, 0.2) is 12.2 Å². The van der Waals surface area contributed by atoms with Crippen LogP contribution in [0.2, 0.25) is 0 Å². The van der Waals surface area contributed by atoms with Crippen LogP contribution in [-0.2, 0) is 14.3 Å². The predicted molar refractivity (Wildman–Crippen MR) is 273 cm³/mol. The monoisotopic (exact) mass is 890 g/mol. The van der Waals surface area contributed by atoms with Crippen LogP contribution < -0.4 is 5.32 Å². The maximum absolute atomic E-state index is 12.4. The normalized spacial score (nSPS) is 12.6. The van der Waals surface area contributed by atoms with E-state index < -0.39 is 12.1 Å². The molecule has 63 heavy (non-hydrogen) atoms. The molecule has 6 nitrogen and oxygen atoms in total. The molecular formula is C57H111NO5. The van der Waals surface area contributed by atoms with E-state index in [9.17, 15) is 19.8 Å². The summed E-state index contributed by atoms with van der Waals surface area (Å²) in [7, 11) is 0. The lowest BCUT2D eigenvalue weighted by molar-refractivity contribution is -0.143. The molecule has 0 saturated carbocycles. The number of carbonyl (C=O) groups is 2. The van der Waals surface area contributed by atoms with Gasteiger partial charge in [0.1, 0.15) is 0 Å². The highest BCUT2D eigenvalue weighted by molar-refractivity contribution is 5.76. The number of allylic oxidation sites excluding steroid dienone is 2. The quantitative estimate of drug-likeness (QED) is 0.0321. The lowest BCUT2D eigenvalue weighted by atomic mass is 10.0. The van der Waals surface area contributed by atoms with Crippen LogP contribution in [0, 0.1) is 0 Å². The Morgan fingerprint density at radius 3 is 1.17 bits per heavy atom. The summed E-state index contributed by atoms with van der Waals surface area (Å²) in [6, 6.07) is -0.537. The number of hydrogen-bond acceptors (Lipinski definition) is 5. The highest BCUT2D eigenvalue weighted by Gasteiger charge is 2.20. The minimum Gasteiger partial charge on any atom is -0.466 e. The second-order valence-corrected chi connectivity index (χ2v) is 19.6. The average Bonchev–Trinajstić information content (AvgIpc) is 3.28. The van der Waals surface area contributed by atoms with Gasteiger partial charge in [0.25, 0.3) is 0 Å². The van der Waals surface area contributed by atoms with Gasteiger partial charge in [0.05, 0.1) is 25.4 Å². The summed E-state index contributed by atoms with van der Waals surface area (Å²) in [5.41, 5.74) is 0. The first-order valence-corrected chi connectivity index (χ1v) is 28.4. The first-order valence-electron chi connectivity index (χ1n) is 28.4. The van der Waals surface area contributed by atoms with E-state index in [1.54, 1.807) is 0 Å². The van der Waals surface area contributed by atoms with Crippen molar-refractivity contribution < 1.29 is 24.5 Å². The first-order chi connectivity index (χ1) is 31.0. The van der Waals surface area contributed by atoms with Crippen LogP contribution >= 0.6 is 0 Å². The van der Waals surface area contributed by atoms with Crippen molar-refractivity contribution in [3.05, 3.63) is 12.2 Å². The molecule has 0 spiro atoms. The number of ether oxygens (including phenoxy) is 1. The molecule has 0 aromatic heterocycles. The minimum atomic E-state index is -0.660. The number of hydrogen-bond donors (Lipinski definition) is 3. The topological polar surface area (TPSA) is 95.9 Å². The van der Waals surface area contributed by atoms with Crippen molar-refractivity contribution >= 4 is 11.9 Å². The number of aliphatic hydroxyl groups is 2. The standard InChI is InChI=1S/C57H111NO5/c1-3-5-7-9-11-13-30-35-39-43-47-51-57(62)63-52-48-44-40-36-32-29-27-25-23-21-19-17-15-16-18-20-22-24-26-28-31-34-38-42-46-50-56(61)58-54(53-59)55(60)49-45-41-37-33-14-12-10-8-6-4-2/h9,11,54-55,59-60H,3-8,10,12-53H2,1-2H3,(H,58,61)/b11-9-. The van der Waals surface area contributed by atoms with Crippen molar-refractivity contribution in [2.24, 2.45) is 0 Å². The minimum absolute atomic E-state index is 0.00538. The van der Waals surface area contributed by atoms with Gasteiger partial charge in [-0.1, -0.05) is 270 Å². The van der Waals surface area contributed by atoms with E-state index in [1.165, 1.54) is 238 Å². The molecule has 0 aliphatic rings. The third kappa shape index (κ3) is 49.9. The number of nitrogens with one attached hydrogen (secondary N) is 1. The molecule has 2 atom stereocenters. The molecule has 0 aromatic carbocycles. The number of rotatable bonds is 53. The average molecular weight is 891 g/mol. The Hall–Kier alpha value is -1.40. The van der Waals surface area contributed by atoms with E-state index in [-0.39, 0.29) is 18.5 Å². The SMILES string of the molecule is CCCC/C=C\CCCCCCCC(=O)OCCCCCCCCCCCCCCCCCCCCCCCCCCCC(=O)NC(CO)C(O)CCCCCCCCCCCC. The Labute approximate surface area is 393 Å². The van der Waals surface area contributed by atoms with Gasteiger partial charge in [-0.3, -0.25) is 9.59 Å². The zero-order valence-corrected chi connectivity index (χ0v) is 42.6. The summed E-state index contributed by atoms with van der Waals surface area (Å²) < 4.78 is 5.46. The highest BCUT2D eigenvalue weighted by atomic mass is 16.5. The van der Waals surface area contributed by atoms with Crippen molar-refractivity contribution in [3.8, 4) is 0 Å².